The zero-order valence-electron chi connectivity index (χ0n) is 19.2. The second-order valence-electron chi connectivity index (χ2n) is 10.6. The number of fused-ring (bicyclic) bond motifs is 3. The van der Waals surface area contributed by atoms with Gasteiger partial charge in [-0.2, -0.15) is 0 Å². The summed E-state index contributed by atoms with van der Waals surface area (Å²) in [7, 11) is 1.59. The van der Waals surface area contributed by atoms with Crippen molar-refractivity contribution >= 4 is 5.97 Å². The van der Waals surface area contributed by atoms with Crippen LogP contribution in [-0.2, 0) is 16.0 Å². The summed E-state index contributed by atoms with van der Waals surface area (Å²) in [5.41, 5.74) is 4.19. The molecule has 31 heavy (non-hydrogen) atoms. The Hall–Kier alpha value is -2.01. The molecule has 168 valence electrons. The third-order valence-corrected chi connectivity index (χ3v) is 8.80. The van der Waals surface area contributed by atoms with Crippen LogP contribution in [-0.4, -0.2) is 37.4 Å². The molecular weight excluding hydrogens is 390 g/mol. The molecule has 2 N–H and O–H groups in total. The first-order valence-electron chi connectivity index (χ1n) is 12.0. The lowest BCUT2D eigenvalue weighted by Gasteiger charge is -2.46. The predicted octanol–water partition coefficient (Wildman–Crippen LogP) is 3.22. The van der Waals surface area contributed by atoms with Crippen LogP contribution in [0.3, 0.4) is 0 Å². The Labute approximate surface area is 185 Å². The van der Waals surface area contributed by atoms with Crippen molar-refractivity contribution in [3.8, 4) is 11.5 Å². The summed E-state index contributed by atoms with van der Waals surface area (Å²) in [6.45, 7) is 8.73. The van der Waals surface area contributed by atoms with Crippen LogP contribution in [0.2, 0.25) is 0 Å². The lowest BCUT2D eigenvalue weighted by molar-refractivity contribution is -0.934. The molecule has 1 aromatic rings. The van der Waals surface area contributed by atoms with Crippen LogP contribution in [0.25, 0.3) is 0 Å². The average Bonchev–Trinajstić information content (AvgIpc) is 3.02. The number of aromatic hydroxyl groups is 1. The second-order valence-corrected chi connectivity index (χ2v) is 10.6. The number of quaternary nitrogens is 1. The number of carbonyl (C=O) groups is 1. The smallest absolute Gasteiger partial charge is 0.315 e. The highest BCUT2D eigenvalue weighted by molar-refractivity contribution is 5.76. The first kappa shape index (κ1) is 20.9. The Bertz CT molecular complexity index is 924. The number of methoxy groups -OCH3 is 1. The summed E-state index contributed by atoms with van der Waals surface area (Å²) in [4.78, 5) is 14.4. The minimum atomic E-state index is -0.0609. The molecule has 7 atom stereocenters. The third-order valence-electron chi connectivity index (χ3n) is 8.80. The van der Waals surface area contributed by atoms with Crippen molar-refractivity contribution < 1.29 is 24.3 Å². The van der Waals surface area contributed by atoms with Crippen molar-refractivity contribution in [2.45, 2.75) is 65.0 Å². The lowest BCUT2D eigenvalue weighted by atomic mass is 9.59. The number of phenolic OH excluding ortho intramolecular Hbond substituents is 1. The number of ether oxygens (including phenoxy) is 2. The molecule has 0 spiro atoms. The number of nitrogens with one attached hydrogen (secondary N) is 1. The van der Waals surface area contributed by atoms with E-state index >= 15 is 0 Å². The van der Waals surface area contributed by atoms with Crippen molar-refractivity contribution in [2.75, 3.05) is 20.2 Å². The van der Waals surface area contributed by atoms with Crippen LogP contribution in [0.4, 0.5) is 0 Å². The van der Waals surface area contributed by atoms with E-state index in [0.717, 1.165) is 25.9 Å². The van der Waals surface area contributed by atoms with Gasteiger partial charge in [0, 0.05) is 17.9 Å². The molecule has 5 heteroatoms. The van der Waals surface area contributed by atoms with E-state index in [4.69, 9.17) is 9.47 Å². The molecule has 0 radical (unpaired) electrons. The molecule has 0 aromatic heterocycles. The van der Waals surface area contributed by atoms with E-state index in [1.807, 2.05) is 12.1 Å². The van der Waals surface area contributed by atoms with E-state index in [1.54, 1.807) is 12.7 Å². The number of hydrogen-bond donors (Lipinski definition) is 2. The summed E-state index contributed by atoms with van der Waals surface area (Å²) in [5.74, 6) is 1.49. The van der Waals surface area contributed by atoms with E-state index < -0.39 is 0 Å². The largest absolute Gasteiger partial charge is 0.504 e. The highest BCUT2D eigenvalue weighted by atomic mass is 16.6. The Morgan fingerprint density at radius 3 is 2.90 bits per heavy atom. The van der Waals surface area contributed by atoms with Crippen LogP contribution >= 0.6 is 0 Å². The molecule has 1 aromatic carbocycles. The summed E-state index contributed by atoms with van der Waals surface area (Å²) in [6.07, 6.45) is 8.14. The van der Waals surface area contributed by atoms with Gasteiger partial charge in [0.05, 0.1) is 20.2 Å². The molecule has 1 saturated heterocycles. The standard InChI is InChI=1S/C26H35NO4/c1-15-6-5-8-26(3)13-24-19(11-21(15)26)20(25(29)31-24)14-27-9-7-17-10-22(28)23(30-4)12-18(17)16(27)2/h10-12,15-16,19-20,24,28H,5-9,13-14H2,1-4H3/p+1/t15-,16-,19+,20+,24+,26+/m0/s1. The molecule has 2 aliphatic heterocycles. The number of carbonyl (C=O) groups excluding carboxylic acids is 1. The fraction of sp³-hybridized carbons (Fsp3) is 0.654. The third kappa shape index (κ3) is 3.36. The minimum absolute atomic E-state index is 0.00414. The fourth-order valence-electron chi connectivity index (χ4n) is 6.99. The van der Waals surface area contributed by atoms with Gasteiger partial charge in [-0.05, 0) is 55.2 Å². The monoisotopic (exact) mass is 426 g/mol. The maximum absolute atomic E-state index is 13.0. The number of benzene rings is 1. The van der Waals surface area contributed by atoms with Crippen molar-refractivity contribution in [1.29, 1.82) is 0 Å². The molecule has 1 saturated carbocycles. The number of hydrogen-bond acceptors (Lipinski definition) is 4. The van der Waals surface area contributed by atoms with Gasteiger partial charge in [0.1, 0.15) is 18.1 Å². The van der Waals surface area contributed by atoms with Gasteiger partial charge in [0.2, 0.25) is 0 Å². The summed E-state index contributed by atoms with van der Waals surface area (Å²) in [5, 5.41) is 10.2. The molecule has 4 aliphatic rings. The van der Waals surface area contributed by atoms with Crippen LogP contribution in [0.15, 0.2) is 23.8 Å². The van der Waals surface area contributed by atoms with Crippen LogP contribution in [0.5, 0.6) is 11.5 Å². The number of esters is 1. The molecule has 5 nitrogen and oxygen atoms in total. The maximum atomic E-state index is 13.0. The molecule has 0 bridgehead atoms. The van der Waals surface area contributed by atoms with Gasteiger partial charge in [0.15, 0.2) is 11.5 Å². The lowest BCUT2D eigenvalue weighted by Crippen LogP contribution is -3.13. The summed E-state index contributed by atoms with van der Waals surface area (Å²) >= 11 is 0. The fourth-order valence-corrected chi connectivity index (χ4v) is 6.99. The number of phenols is 1. The highest BCUT2D eigenvalue weighted by Gasteiger charge is 2.53. The molecule has 1 unspecified atom stereocenters. The summed E-state index contributed by atoms with van der Waals surface area (Å²) < 4.78 is 11.3. The van der Waals surface area contributed by atoms with Gasteiger partial charge in [-0.1, -0.05) is 31.9 Å². The van der Waals surface area contributed by atoms with Crippen LogP contribution in [0, 0.1) is 23.2 Å². The van der Waals surface area contributed by atoms with Crippen molar-refractivity contribution in [2.24, 2.45) is 23.2 Å². The van der Waals surface area contributed by atoms with E-state index in [9.17, 15) is 9.90 Å². The van der Waals surface area contributed by atoms with Crippen molar-refractivity contribution in [1.82, 2.24) is 0 Å². The quantitative estimate of drug-likeness (QED) is 0.576. The Morgan fingerprint density at radius 2 is 2.13 bits per heavy atom. The van der Waals surface area contributed by atoms with E-state index in [2.05, 4.69) is 26.8 Å². The average molecular weight is 427 g/mol. The Morgan fingerprint density at radius 1 is 1.32 bits per heavy atom. The zero-order chi connectivity index (χ0) is 21.9. The SMILES string of the molecule is COc1cc2c(cc1O)CC[NH+](C[C@H]1C(=O)O[C@@H]3C[C@@]4(C)CCC[C@H](C)C4=C[C@@H]31)[C@H]2C. The normalized spacial score (nSPS) is 39.1. The summed E-state index contributed by atoms with van der Waals surface area (Å²) in [6, 6.07) is 4.07. The molecular formula is C26H36NO4+. The van der Waals surface area contributed by atoms with Gasteiger partial charge >= 0.3 is 5.97 Å². The first-order chi connectivity index (χ1) is 14.8. The molecule has 5 rings (SSSR count). The van der Waals surface area contributed by atoms with Gasteiger partial charge in [-0.3, -0.25) is 4.79 Å². The number of rotatable bonds is 3. The second kappa shape index (κ2) is 7.54. The molecule has 2 fully saturated rings. The van der Waals surface area contributed by atoms with Gasteiger partial charge < -0.3 is 19.5 Å². The van der Waals surface area contributed by atoms with Crippen molar-refractivity contribution in [3.05, 3.63) is 34.9 Å². The van der Waals surface area contributed by atoms with E-state index in [0.29, 0.717) is 11.7 Å². The van der Waals surface area contributed by atoms with Gasteiger partial charge in [-0.15, -0.1) is 0 Å². The van der Waals surface area contributed by atoms with Gasteiger partial charge in [0.25, 0.3) is 0 Å². The zero-order valence-corrected chi connectivity index (χ0v) is 19.2. The minimum Gasteiger partial charge on any atom is -0.504 e. The molecule has 0 amide bonds. The number of allylic oxidation sites excluding steroid dienone is 1. The first-order valence-corrected chi connectivity index (χ1v) is 12.0. The Kier molecular flexibility index (Phi) is 5.08. The van der Waals surface area contributed by atoms with E-state index in [-0.39, 0.29) is 41.1 Å². The van der Waals surface area contributed by atoms with Crippen LogP contribution in [0.1, 0.15) is 63.6 Å². The highest BCUT2D eigenvalue weighted by Crippen LogP contribution is 2.53. The topological polar surface area (TPSA) is 60.2 Å². The maximum Gasteiger partial charge on any atom is 0.315 e. The molecule has 2 aliphatic carbocycles. The van der Waals surface area contributed by atoms with Crippen LogP contribution < -0.4 is 9.64 Å². The predicted molar refractivity (Wildman–Crippen MR) is 118 cm³/mol. The van der Waals surface area contributed by atoms with Crippen molar-refractivity contribution in [3.63, 3.8) is 0 Å². The molecule has 2 heterocycles. The Balaban J connectivity index is 1.40. The van der Waals surface area contributed by atoms with Gasteiger partial charge in [-0.25, -0.2) is 0 Å². The van der Waals surface area contributed by atoms with E-state index in [1.165, 1.54) is 35.3 Å².